The van der Waals surface area contributed by atoms with Gasteiger partial charge in [0.15, 0.2) is 0 Å². The number of halogens is 3. The molecule has 0 spiro atoms. The lowest BCUT2D eigenvalue weighted by molar-refractivity contribution is -0.144. The van der Waals surface area contributed by atoms with Gasteiger partial charge in [-0.05, 0) is 78.6 Å². The zero-order chi connectivity index (χ0) is 32.6. The van der Waals surface area contributed by atoms with Crippen LogP contribution in [-0.2, 0) is 38.2 Å². The number of benzene rings is 2. The van der Waals surface area contributed by atoms with E-state index in [0.29, 0.717) is 56.7 Å². The number of methoxy groups -OCH3 is 1. The summed E-state index contributed by atoms with van der Waals surface area (Å²) in [5.41, 5.74) is 0.359. The molecule has 2 saturated heterocycles. The molecule has 46 heavy (non-hydrogen) atoms. The monoisotopic (exact) mass is 641 g/mol. The van der Waals surface area contributed by atoms with Gasteiger partial charge in [0.25, 0.3) is 0 Å². The van der Waals surface area contributed by atoms with Crippen molar-refractivity contribution >= 4 is 23.9 Å². The predicted molar refractivity (Wildman–Crippen MR) is 162 cm³/mol. The molecule has 4 aliphatic rings. The number of carbonyl (C=O) groups excluding carboxylic acids is 2. The van der Waals surface area contributed by atoms with Crippen molar-refractivity contribution in [2.24, 2.45) is 11.3 Å². The molecule has 246 valence electrons. The van der Waals surface area contributed by atoms with Crippen LogP contribution in [0, 0.1) is 11.3 Å². The number of hydrogen-bond acceptors (Lipinski definition) is 6. The number of alkyl halides is 3. The van der Waals surface area contributed by atoms with E-state index >= 15 is 0 Å². The molecule has 6 rings (SSSR count). The van der Waals surface area contributed by atoms with Crippen molar-refractivity contribution < 1.29 is 42.1 Å². The molecule has 0 bridgehead atoms. The third-order valence-corrected chi connectivity index (χ3v) is 10.1. The normalized spacial score (nSPS) is 27.9. The van der Waals surface area contributed by atoms with E-state index in [1.165, 1.54) is 24.3 Å². The highest BCUT2D eigenvalue weighted by Crippen LogP contribution is 2.51. The fourth-order valence-electron chi connectivity index (χ4n) is 7.70. The summed E-state index contributed by atoms with van der Waals surface area (Å²) in [4.78, 5) is 42.6. The van der Waals surface area contributed by atoms with Crippen molar-refractivity contribution in [2.45, 2.75) is 56.6 Å². The molecule has 1 saturated carbocycles. The van der Waals surface area contributed by atoms with Crippen LogP contribution < -0.4 is 5.32 Å². The summed E-state index contributed by atoms with van der Waals surface area (Å²) in [6, 6.07) is 10.1. The lowest BCUT2D eigenvalue weighted by atomic mass is 9.78. The Morgan fingerprint density at radius 1 is 1.13 bits per heavy atom. The number of carbonyl (C=O) groups is 3. The van der Waals surface area contributed by atoms with Gasteiger partial charge >= 0.3 is 12.1 Å². The highest BCUT2D eigenvalue weighted by molar-refractivity contribution is 5.94. The van der Waals surface area contributed by atoms with Crippen LogP contribution in [0.25, 0.3) is 6.08 Å². The van der Waals surface area contributed by atoms with Crippen molar-refractivity contribution in [1.82, 2.24) is 15.1 Å². The Bertz CT molecular complexity index is 1530. The minimum atomic E-state index is -4.48. The zero-order valence-electron chi connectivity index (χ0n) is 25.6. The van der Waals surface area contributed by atoms with E-state index in [-0.39, 0.29) is 54.6 Å². The van der Waals surface area contributed by atoms with Gasteiger partial charge in [0.05, 0.1) is 29.3 Å². The van der Waals surface area contributed by atoms with E-state index < -0.39 is 23.1 Å². The first kappa shape index (κ1) is 32.2. The summed E-state index contributed by atoms with van der Waals surface area (Å²) in [6.07, 6.45) is 0.748. The molecular weight excluding hydrogens is 603 g/mol. The summed E-state index contributed by atoms with van der Waals surface area (Å²) in [5, 5.41) is 13.0. The second-order valence-electron chi connectivity index (χ2n) is 12.8. The Morgan fingerprint density at radius 2 is 1.96 bits per heavy atom. The van der Waals surface area contributed by atoms with Crippen LogP contribution in [0.5, 0.6) is 0 Å². The van der Waals surface area contributed by atoms with E-state index in [4.69, 9.17) is 9.47 Å². The minimum Gasteiger partial charge on any atom is -0.478 e. The lowest BCUT2D eigenvalue weighted by Crippen LogP contribution is -2.52. The molecular formula is C34H38F3N3O6. The van der Waals surface area contributed by atoms with Gasteiger partial charge in [-0.3, -0.25) is 9.59 Å². The van der Waals surface area contributed by atoms with Crippen LogP contribution in [-0.4, -0.2) is 90.8 Å². The molecule has 0 aromatic heterocycles. The number of ether oxygens (including phenoxy) is 2. The Morgan fingerprint density at radius 3 is 2.72 bits per heavy atom. The molecule has 0 radical (unpaired) electrons. The fourth-order valence-corrected chi connectivity index (χ4v) is 7.70. The summed E-state index contributed by atoms with van der Waals surface area (Å²) in [7, 11) is 1.65. The average Bonchev–Trinajstić information content (AvgIpc) is 3.57. The van der Waals surface area contributed by atoms with Crippen LogP contribution in [0.2, 0.25) is 0 Å². The number of carboxylic acid groups (broad SMARTS) is 1. The smallest absolute Gasteiger partial charge is 0.416 e. The van der Waals surface area contributed by atoms with Gasteiger partial charge in [-0.15, -0.1) is 0 Å². The summed E-state index contributed by atoms with van der Waals surface area (Å²) < 4.78 is 51.7. The Kier molecular flexibility index (Phi) is 8.97. The molecule has 2 aromatic carbocycles. The molecule has 3 heterocycles. The highest BCUT2D eigenvalue weighted by Gasteiger charge is 2.59. The number of aromatic carboxylic acids is 1. The van der Waals surface area contributed by atoms with Crippen molar-refractivity contribution in [2.75, 3.05) is 40.0 Å². The number of fused-ring (bicyclic) bond motifs is 2. The van der Waals surface area contributed by atoms with Crippen LogP contribution in [0.4, 0.5) is 13.2 Å². The third-order valence-electron chi connectivity index (χ3n) is 10.1. The van der Waals surface area contributed by atoms with E-state index in [9.17, 15) is 32.7 Å². The standard InChI is InChI=1S/C34H38F3N3O6/c1-45-29-19-46-12-10-28(29)38-27-15-26-18-40(30(41)8-5-21-3-2-4-23(13-21)31(42)43)20-33(26,16-27)32(44)39-11-9-22-6-7-25(34(35,36)37)14-24(22)17-39/h2-8,13-14,26-29,38H,9-12,15-20H2,1H3,(H,42,43)/b8-5+/t26-,27+,28-,29+,33-/m0/s1. The molecule has 2 amide bonds. The fraction of sp³-hybridized carbons (Fsp3) is 0.500. The Labute approximate surface area is 265 Å². The van der Waals surface area contributed by atoms with Gasteiger partial charge in [0, 0.05) is 58.1 Å². The van der Waals surface area contributed by atoms with Gasteiger partial charge in [-0.2, -0.15) is 13.2 Å². The Hall–Kier alpha value is -3.74. The van der Waals surface area contributed by atoms with E-state index in [1.807, 2.05) is 0 Å². The maximum atomic E-state index is 14.5. The maximum Gasteiger partial charge on any atom is 0.416 e. The van der Waals surface area contributed by atoms with Gasteiger partial charge in [-0.25, -0.2) is 4.79 Å². The van der Waals surface area contributed by atoms with E-state index in [2.05, 4.69) is 5.32 Å². The number of hydrogen-bond donors (Lipinski definition) is 2. The van der Waals surface area contributed by atoms with Crippen molar-refractivity contribution in [3.63, 3.8) is 0 Å². The number of carboxylic acids is 1. The second-order valence-corrected chi connectivity index (χ2v) is 12.8. The van der Waals surface area contributed by atoms with Crippen LogP contribution >= 0.6 is 0 Å². The van der Waals surface area contributed by atoms with Crippen LogP contribution in [0.1, 0.15) is 51.9 Å². The summed E-state index contributed by atoms with van der Waals surface area (Å²) in [6.45, 7) is 2.13. The lowest BCUT2D eigenvalue weighted by Gasteiger charge is -2.38. The molecule has 3 aliphatic heterocycles. The quantitative estimate of drug-likeness (QED) is 0.440. The topological polar surface area (TPSA) is 108 Å². The van der Waals surface area contributed by atoms with Gasteiger partial charge in [0.2, 0.25) is 11.8 Å². The molecule has 12 heteroatoms. The summed E-state index contributed by atoms with van der Waals surface area (Å²) in [5.74, 6) is -1.62. The SMILES string of the molecule is CO[C@@H]1COCC[C@@H]1N[C@@H]1C[C@H]2CN(C(=O)/C=C/c3cccc(C(=O)O)c3)C[C@@]2(C(=O)N2CCc3ccc(C(F)(F)F)cc3C2)C1. The number of rotatable bonds is 7. The first-order valence-corrected chi connectivity index (χ1v) is 15.6. The molecule has 3 fully saturated rings. The molecule has 9 nitrogen and oxygen atoms in total. The molecule has 0 unspecified atom stereocenters. The van der Waals surface area contributed by atoms with E-state index in [1.54, 1.807) is 35.1 Å². The van der Waals surface area contributed by atoms with E-state index in [0.717, 1.165) is 24.1 Å². The summed E-state index contributed by atoms with van der Waals surface area (Å²) >= 11 is 0. The first-order valence-electron chi connectivity index (χ1n) is 15.6. The zero-order valence-corrected chi connectivity index (χ0v) is 25.6. The largest absolute Gasteiger partial charge is 0.478 e. The van der Waals surface area contributed by atoms with Gasteiger partial charge < -0.3 is 29.7 Å². The molecule has 5 atom stereocenters. The van der Waals surface area contributed by atoms with Gasteiger partial charge in [-0.1, -0.05) is 18.2 Å². The second kappa shape index (κ2) is 12.8. The molecule has 2 aromatic rings. The van der Waals surface area contributed by atoms with Gasteiger partial charge in [0.1, 0.15) is 0 Å². The molecule has 2 N–H and O–H groups in total. The number of nitrogens with one attached hydrogen (secondary N) is 1. The highest BCUT2D eigenvalue weighted by atomic mass is 19.4. The van der Waals surface area contributed by atoms with Crippen LogP contribution in [0.15, 0.2) is 48.5 Å². The maximum absolute atomic E-state index is 14.5. The van der Waals surface area contributed by atoms with Crippen molar-refractivity contribution in [3.8, 4) is 0 Å². The third kappa shape index (κ3) is 6.43. The number of amides is 2. The molecule has 1 aliphatic carbocycles. The van der Waals surface area contributed by atoms with Crippen LogP contribution in [0.3, 0.4) is 0 Å². The predicted octanol–water partition coefficient (Wildman–Crippen LogP) is 4.00. The number of nitrogens with zero attached hydrogens (tertiary/aromatic N) is 2. The minimum absolute atomic E-state index is 0.00448. The van der Waals surface area contributed by atoms with Crippen molar-refractivity contribution in [1.29, 1.82) is 0 Å². The first-order chi connectivity index (χ1) is 22.0. The van der Waals surface area contributed by atoms with Crippen molar-refractivity contribution in [3.05, 3.63) is 76.4 Å². The number of likely N-dealkylation sites (tertiary alicyclic amines) is 1. The average molecular weight is 642 g/mol. The Balaban J connectivity index is 1.23.